The van der Waals surface area contributed by atoms with Crippen LogP contribution < -0.4 is 0 Å². The fourth-order valence-electron chi connectivity index (χ4n) is 3.01. The Bertz CT molecular complexity index is 499. The summed E-state index contributed by atoms with van der Waals surface area (Å²) >= 11 is 6.03. The van der Waals surface area contributed by atoms with Crippen LogP contribution in [0.1, 0.15) is 24.8 Å². The van der Waals surface area contributed by atoms with Gasteiger partial charge in [-0.2, -0.15) is 0 Å². The third kappa shape index (κ3) is 2.26. The maximum atomic E-state index is 12.7. The van der Waals surface area contributed by atoms with Crippen LogP contribution in [0, 0.1) is 5.92 Å². The number of amides is 1. The van der Waals surface area contributed by atoms with E-state index >= 15 is 0 Å². The number of aliphatic hydroxyl groups is 1. The van der Waals surface area contributed by atoms with Crippen LogP contribution in [0.15, 0.2) is 24.3 Å². The molecule has 2 aliphatic rings. The minimum absolute atomic E-state index is 0.175. The van der Waals surface area contributed by atoms with Crippen molar-refractivity contribution >= 4 is 17.5 Å². The van der Waals surface area contributed by atoms with E-state index in [-0.39, 0.29) is 23.8 Å². The van der Waals surface area contributed by atoms with E-state index in [1.165, 1.54) is 0 Å². The topological polar surface area (TPSA) is 40.5 Å². The number of nitrogens with zero attached hydrogens (tertiary/aromatic N) is 1. The van der Waals surface area contributed by atoms with Gasteiger partial charge in [0.15, 0.2) is 0 Å². The molecule has 1 aromatic rings. The highest BCUT2D eigenvalue weighted by Crippen LogP contribution is 2.50. The lowest BCUT2D eigenvalue weighted by Crippen LogP contribution is -2.38. The van der Waals surface area contributed by atoms with Crippen molar-refractivity contribution in [1.29, 1.82) is 0 Å². The molecule has 0 spiro atoms. The molecule has 1 aromatic carbocycles. The number of halogens is 1. The predicted octanol–water partition coefficient (Wildman–Crippen LogP) is 2.21. The van der Waals surface area contributed by atoms with Crippen LogP contribution in [0.3, 0.4) is 0 Å². The quantitative estimate of drug-likeness (QED) is 0.922. The summed E-state index contributed by atoms with van der Waals surface area (Å²) in [6.07, 6.45) is 2.73. The summed E-state index contributed by atoms with van der Waals surface area (Å²) in [6.45, 7) is 1.64. The van der Waals surface area contributed by atoms with E-state index in [0.29, 0.717) is 11.6 Å². The third-order valence-corrected chi connectivity index (χ3v) is 4.60. The van der Waals surface area contributed by atoms with Crippen molar-refractivity contribution in [2.24, 2.45) is 5.92 Å². The van der Waals surface area contributed by atoms with Gasteiger partial charge in [-0.3, -0.25) is 4.79 Å². The van der Waals surface area contributed by atoms with E-state index in [4.69, 9.17) is 11.6 Å². The van der Waals surface area contributed by atoms with Crippen molar-refractivity contribution in [1.82, 2.24) is 4.90 Å². The van der Waals surface area contributed by atoms with Crippen LogP contribution in [0.5, 0.6) is 0 Å². The number of hydrogen-bond donors (Lipinski definition) is 1. The zero-order valence-corrected chi connectivity index (χ0v) is 11.6. The minimum atomic E-state index is -0.338. The summed E-state index contributed by atoms with van der Waals surface area (Å²) in [5.41, 5.74) is 0.701. The maximum absolute atomic E-state index is 12.7. The number of carbonyl (C=O) groups is 1. The van der Waals surface area contributed by atoms with Crippen LogP contribution in [0.4, 0.5) is 0 Å². The maximum Gasteiger partial charge on any atom is 0.233 e. The molecule has 1 aliphatic heterocycles. The van der Waals surface area contributed by atoms with Gasteiger partial charge in [0.05, 0.1) is 5.41 Å². The zero-order valence-electron chi connectivity index (χ0n) is 10.8. The van der Waals surface area contributed by atoms with E-state index in [1.807, 2.05) is 29.2 Å². The molecule has 1 saturated heterocycles. The summed E-state index contributed by atoms with van der Waals surface area (Å²) in [5, 5.41) is 9.87. The third-order valence-electron chi connectivity index (χ3n) is 4.37. The Balaban J connectivity index is 1.80. The first-order valence-corrected chi connectivity index (χ1v) is 7.20. The Morgan fingerprint density at radius 2 is 2.26 bits per heavy atom. The van der Waals surface area contributed by atoms with Crippen molar-refractivity contribution in [3.8, 4) is 0 Å². The lowest BCUT2D eigenvalue weighted by atomic mass is 9.94. The first kappa shape index (κ1) is 12.9. The highest BCUT2D eigenvalue weighted by molar-refractivity contribution is 6.30. The summed E-state index contributed by atoms with van der Waals surface area (Å²) in [6, 6.07) is 7.65. The molecule has 3 rings (SSSR count). The number of hydrogen-bond acceptors (Lipinski definition) is 2. The molecule has 1 N–H and O–H groups in total. The van der Waals surface area contributed by atoms with E-state index < -0.39 is 0 Å². The Morgan fingerprint density at radius 3 is 2.84 bits per heavy atom. The van der Waals surface area contributed by atoms with E-state index in [2.05, 4.69) is 0 Å². The Morgan fingerprint density at radius 1 is 1.47 bits per heavy atom. The molecule has 0 aromatic heterocycles. The van der Waals surface area contributed by atoms with Gasteiger partial charge in [0.25, 0.3) is 0 Å². The van der Waals surface area contributed by atoms with Crippen LogP contribution in [-0.4, -0.2) is 35.6 Å². The van der Waals surface area contributed by atoms with Crippen LogP contribution >= 0.6 is 11.6 Å². The largest absolute Gasteiger partial charge is 0.396 e. The molecule has 102 valence electrons. The summed E-state index contributed by atoms with van der Waals surface area (Å²) in [5.74, 6) is 0.463. The summed E-state index contributed by atoms with van der Waals surface area (Å²) < 4.78 is 0. The number of carbonyl (C=O) groups excluding carboxylic acids is 1. The second kappa shape index (κ2) is 4.80. The molecular weight excluding hydrogens is 262 g/mol. The van der Waals surface area contributed by atoms with Gasteiger partial charge < -0.3 is 10.0 Å². The normalized spacial score (nSPS) is 24.5. The molecule has 1 atom stereocenters. The van der Waals surface area contributed by atoms with Gasteiger partial charge in [0.2, 0.25) is 5.91 Å². The molecular formula is C15H18ClNO2. The fraction of sp³-hybridized carbons (Fsp3) is 0.533. The lowest BCUT2D eigenvalue weighted by molar-refractivity contribution is -0.133. The lowest BCUT2D eigenvalue weighted by Gasteiger charge is -2.23. The SMILES string of the molecule is O=C(N1CCC(CO)C1)C1(c2cccc(Cl)c2)CC1. The molecule has 4 heteroatoms. The van der Waals surface area contributed by atoms with Gasteiger partial charge in [0.1, 0.15) is 0 Å². The second-order valence-corrected chi connectivity index (χ2v) is 6.12. The number of likely N-dealkylation sites (tertiary alicyclic amines) is 1. The van der Waals surface area contributed by atoms with Gasteiger partial charge in [-0.15, -0.1) is 0 Å². The van der Waals surface area contributed by atoms with Gasteiger partial charge in [-0.1, -0.05) is 23.7 Å². The minimum Gasteiger partial charge on any atom is -0.396 e. The summed E-state index contributed by atoms with van der Waals surface area (Å²) in [4.78, 5) is 14.6. The van der Waals surface area contributed by atoms with Gasteiger partial charge in [-0.25, -0.2) is 0 Å². The highest BCUT2D eigenvalue weighted by Gasteiger charge is 2.53. The second-order valence-electron chi connectivity index (χ2n) is 5.68. The molecule has 0 radical (unpaired) electrons. The first-order valence-electron chi connectivity index (χ1n) is 6.82. The van der Waals surface area contributed by atoms with E-state index in [1.54, 1.807) is 0 Å². The molecule has 3 nitrogen and oxygen atoms in total. The fourth-order valence-corrected chi connectivity index (χ4v) is 3.20. The predicted molar refractivity (Wildman–Crippen MR) is 74.1 cm³/mol. The number of aliphatic hydroxyl groups excluding tert-OH is 1. The van der Waals surface area contributed by atoms with E-state index in [0.717, 1.165) is 31.4 Å². The molecule has 1 heterocycles. The van der Waals surface area contributed by atoms with Crippen molar-refractivity contribution in [3.05, 3.63) is 34.9 Å². The van der Waals surface area contributed by atoms with Crippen molar-refractivity contribution in [3.63, 3.8) is 0 Å². The Hall–Kier alpha value is -1.06. The van der Waals surface area contributed by atoms with E-state index in [9.17, 15) is 9.90 Å². The molecule has 1 unspecified atom stereocenters. The zero-order chi connectivity index (χ0) is 13.5. The molecule has 19 heavy (non-hydrogen) atoms. The van der Waals surface area contributed by atoms with Gasteiger partial charge in [0, 0.05) is 30.6 Å². The average molecular weight is 280 g/mol. The Kier molecular flexibility index (Phi) is 3.27. The van der Waals surface area contributed by atoms with Gasteiger partial charge >= 0.3 is 0 Å². The van der Waals surface area contributed by atoms with Crippen LogP contribution in [-0.2, 0) is 10.2 Å². The van der Waals surface area contributed by atoms with Crippen molar-refractivity contribution in [2.45, 2.75) is 24.7 Å². The molecule has 1 saturated carbocycles. The molecule has 1 amide bonds. The van der Waals surface area contributed by atoms with Crippen LogP contribution in [0.2, 0.25) is 5.02 Å². The van der Waals surface area contributed by atoms with Gasteiger partial charge in [-0.05, 0) is 37.0 Å². The molecule has 0 bridgehead atoms. The smallest absolute Gasteiger partial charge is 0.233 e. The molecule has 1 aliphatic carbocycles. The van der Waals surface area contributed by atoms with Crippen molar-refractivity contribution < 1.29 is 9.90 Å². The first-order chi connectivity index (χ1) is 9.15. The molecule has 2 fully saturated rings. The van der Waals surface area contributed by atoms with Crippen LogP contribution in [0.25, 0.3) is 0 Å². The monoisotopic (exact) mass is 279 g/mol. The highest BCUT2D eigenvalue weighted by atomic mass is 35.5. The Labute approximate surface area is 118 Å². The number of rotatable bonds is 3. The standard InChI is InChI=1S/C15H18ClNO2/c16-13-3-1-2-12(8-13)15(5-6-15)14(19)17-7-4-11(9-17)10-18/h1-3,8,11,18H,4-7,9-10H2. The summed E-state index contributed by atoms with van der Waals surface area (Å²) in [7, 11) is 0. The van der Waals surface area contributed by atoms with Crippen molar-refractivity contribution in [2.75, 3.05) is 19.7 Å². The number of benzene rings is 1. The average Bonchev–Trinajstić information content (AvgIpc) is 3.09.